The van der Waals surface area contributed by atoms with Crippen LogP contribution in [0.2, 0.25) is 5.02 Å². The molecule has 0 unspecified atom stereocenters. The van der Waals surface area contributed by atoms with Gasteiger partial charge in [-0.3, -0.25) is 4.79 Å². The minimum Gasteiger partial charge on any atom is -0.357 e. The number of aromatic nitrogens is 1. The number of amides is 1. The molecule has 134 valence electrons. The molecule has 1 fully saturated rings. The van der Waals surface area contributed by atoms with Crippen molar-refractivity contribution in [2.45, 2.75) is 32.1 Å². The van der Waals surface area contributed by atoms with E-state index in [1.165, 1.54) is 4.88 Å². The number of hydrogen-bond acceptors (Lipinski definition) is 5. The van der Waals surface area contributed by atoms with Crippen LogP contribution in [0.15, 0.2) is 18.3 Å². The number of rotatable bonds is 3. The molecule has 4 rings (SSSR count). The highest BCUT2D eigenvalue weighted by Gasteiger charge is 2.28. The molecule has 1 saturated heterocycles. The summed E-state index contributed by atoms with van der Waals surface area (Å²) in [5, 5.41) is 13.8. The summed E-state index contributed by atoms with van der Waals surface area (Å²) < 4.78 is 0. The van der Waals surface area contributed by atoms with Crippen LogP contribution in [0.4, 0.5) is 10.8 Å². The summed E-state index contributed by atoms with van der Waals surface area (Å²) in [5.41, 5.74) is 1.83. The molecule has 0 radical (unpaired) electrons. The van der Waals surface area contributed by atoms with Crippen LogP contribution >= 0.6 is 22.9 Å². The Morgan fingerprint density at radius 2 is 2.15 bits per heavy atom. The van der Waals surface area contributed by atoms with E-state index in [4.69, 9.17) is 11.6 Å². The number of fused-ring (bicyclic) bond motifs is 1. The number of halogens is 1. The zero-order valence-electron chi connectivity index (χ0n) is 14.3. The number of nitrogens with one attached hydrogen (secondary N) is 1. The molecule has 2 aliphatic rings. The van der Waals surface area contributed by atoms with E-state index in [9.17, 15) is 10.1 Å². The topological polar surface area (TPSA) is 69.0 Å². The van der Waals surface area contributed by atoms with E-state index in [0.717, 1.165) is 61.6 Å². The molecule has 1 aliphatic carbocycles. The smallest absolute Gasteiger partial charge is 0.228 e. The molecule has 2 aromatic rings. The molecular weight excluding hydrogens is 368 g/mol. The first-order valence-corrected chi connectivity index (χ1v) is 10.1. The Bertz CT molecular complexity index is 863. The first-order chi connectivity index (χ1) is 12.7. The van der Waals surface area contributed by atoms with Crippen molar-refractivity contribution >= 4 is 39.7 Å². The fraction of sp³-hybridized carbons (Fsp3) is 0.421. The van der Waals surface area contributed by atoms with Crippen molar-refractivity contribution in [1.29, 1.82) is 5.26 Å². The Kier molecular flexibility index (Phi) is 4.84. The SMILES string of the molecule is N#Cc1c(NC(=O)C2CCN(c3ccc(Cl)cn3)CC2)sc2c1CCC2. The number of carbonyl (C=O) groups is 1. The minimum absolute atomic E-state index is 0.0259. The fourth-order valence-electron chi connectivity index (χ4n) is 3.75. The molecule has 5 nitrogen and oxygen atoms in total. The number of piperidine rings is 1. The van der Waals surface area contributed by atoms with Crippen LogP contribution in [0.3, 0.4) is 0 Å². The van der Waals surface area contributed by atoms with Gasteiger partial charge in [-0.15, -0.1) is 11.3 Å². The number of hydrogen-bond donors (Lipinski definition) is 1. The Morgan fingerprint density at radius 3 is 2.85 bits per heavy atom. The van der Waals surface area contributed by atoms with Crippen molar-refractivity contribution in [2.75, 3.05) is 23.3 Å². The number of nitrogens with zero attached hydrogens (tertiary/aromatic N) is 3. The van der Waals surface area contributed by atoms with Gasteiger partial charge in [-0.05, 0) is 49.8 Å². The summed E-state index contributed by atoms with van der Waals surface area (Å²) >= 11 is 7.47. The largest absolute Gasteiger partial charge is 0.357 e. The van der Waals surface area contributed by atoms with Gasteiger partial charge < -0.3 is 10.2 Å². The maximum absolute atomic E-state index is 12.7. The van der Waals surface area contributed by atoms with Gasteiger partial charge in [0, 0.05) is 30.1 Å². The van der Waals surface area contributed by atoms with Gasteiger partial charge in [-0.2, -0.15) is 5.26 Å². The molecule has 0 aromatic carbocycles. The molecular formula is C19H19ClN4OS. The molecule has 1 aliphatic heterocycles. The summed E-state index contributed by atoms with van der Waals surface area (Å²) in [6, 6.07) is 6.03. The van der Waals surface area contributed by atoms with Gasteiger partial charge in [0.2, 0.25) is 5.91 Å². The summed E-state index contributed by atoms with van der Waals surface area (Å²) in [7, 11) is 0. The highest BCUT2D eigenvalue weighted by Crippen LogP contribution is 2.39. The molecule has 0 bridgehead atoms. The highest BCUT2D eigenvalue weighted by atomic mass is 35.5. The molecule has 0 saturated carbocycles. The van der Waals surface area contributed by atoms with Crippen LogP contribution in [0, 0.1) is 17.2 Å². The second-order valence-electron chi connectivity index (χ2n) is 6.76. The number of thiophene rings is 1. The predicted molar refractivity (Wildman–Crippen MR) is 104 cm³/mol. The van der Waals surface area contributed by atoms with Gasteiger partial charge in [0.05, 0.1) is 10.6 Å². The maximum Gasteiger partial charge on any atom is 0.228 e. The van der Waals surface area contributed by atoms with Crippen molar-refractivity contribution in [3.63, 3.8) is 0 Å². The quantitative estimate of drug-likeness (QED) is 0.865. The number of anilines is 2. The summed E-state index contributed by atoms with van der Waals surface area (Å²) in [6.07, 6.45) is 6.30. The molecule has 0 atom stereocenters. The van der Waals surface area contributed by atoms with Crippen LogP contribution in [0.25, 0.3) is 0 Å². The van der Waals surface area contributed by atoms with Crippen LogP contribution in [0.1, 0.15) is 35.3 Å². The number of nitriles is 1. The second kappa shape index (κ2) is 7.26. The van der Waals surface area contributed by atoms with Crippen LogP contribution in [0.5, 0.6) is 0 Å². The van der Waals surface area contributed by atoms with E-state index in [1.807, 2.05) is 12.1 Å². The monoisotopic (exact) mass is 386 g/mol. The first kappa shape index (κ1) is 17.3. The van der Waals surface area contributed by atoms with Crippen LogP contribution < -0.4 is 10.2 Å². The Labute approximate surface area is 161 Å². The van der Waals surface area contributed by atoms with E-state index in [1.54, 1.807) is 17.5 Å². The van der Waals surface area contributed by atoms with Crippen molar-refractivity contribution in [3.05, 3.63) is 39.4 Å². The molecule has 0 spiro atoms. The highest BCUT2D eigenvalue weighted by molar-refractivity contribution is 7.16. The van der Waals surface area contributed by atoms with Crippen LogP contribution in [-0.4, -0.2) is 24.0 Å². The molecule has 2 aromatic heterocycles. The lowest BCUT2D eigenvalue weighted by Gasteiger charge is -2.32. The minimum atomic E-state index is -0.0259. The molecule has 7 heteroatoms. The lowest BCUT2D eigenvalue weighted by Crippen LogP contribution is -2.38. The van der Waals surface area contributed by atoms with E-state index in [0.29, 0.717) is 10.6 Å². The van der Waals surface area contributed by atoms with Gasteiger partial charge in [-0.25, -0.2) is 4.98 Å². The van der Waals surface area contributed by atoms with Gasteiger partial charge in [0.25, 0.3) is 0 Å². The molecule has 1 N–H and O–H groups in total. The Morgan fingerprint density at radius 1 is 1.35 bits per heavy atom. The average molecular weight is 387 g/mol. The molecule has 1 amide bonds. The van der Waals surface area contributed by atoms with Gasteiger partial charge >= 0.3 is 0 Å². The Balaban J connectivity index is 1.38. The number of pyridine rings is 1. The molecule has 26 heavy (non-hydrogen) atoms. The average Bonchev–Trinajstić information content (AvgIpc) is 3.23. The van der Waals surface area contributed by atoms with Crippen molar-refractivity contribution < 1.29 is 4.79 Å². The maximum atomic E-state index is 12.7. The zero-order valence-corrected chi connectivity index (χ0v) is 15.9. The summed E-state index contributed by atoms with van der Waals surface area (Å²) in [5.74, 6) is 0.905. The zero-order chi connectivity index (χ0) is 18.1. The van der Waals surface area contributed by atoms with E-state index in [-0.39, 0.29) is 11.8 Å². The predicted octanol–water partition coefficient (Wildman–Crippen LogP) is 4.01. The lowest BCUT2D eigenvalue weighted by molar-refractivity contribution is -0.120. The Hall–Kier alpha value is -2.10. The summed E-state index contributed by atoms with van der Waals surface area (Å²) in [6.45, 7) is 1.58. The van der Waals surface area contributed by atoms with E-state index < -0.39 is 0 Å². The first-order valence-electron chi connectivity index (χ1n) is 8.87. The standard InChI is InChI=1S/C19H19ClN4OS/c20-13-4-5-17(22-11-13)24-8-6-12(7-9-24)18(25)23-19-15(10-21)14-2-1-3-16(14)26-19/h4-5,11-12H,1-3,6-9H2,(H,23,25). The lowest BCUT2D eigenvalue weighted by atomic mass is 9.96. The van der Waals surface area contributed by atoms with Crippen LogP contribution in [-0.2, 0) is 17.6 Å². The number of carbonyl (C=O) groups excluding carboxylic acids is 1. The van der Waals surface area contributed by atoms with Gasteiger partial charge in [0.15, 0.2) is 0 Å². The fourth-order valence-corrected chi connectivity index (χ4v) is 5.10. The third kappa shape index (κ3) is 3.29. The normalized spacial score (nSPS) is 17.0. The van der Waals surface area contributed by atoms with E-state index >= 15 is 0 Å². The second-order valence-corrected chi connectivity index (χ2v) is 8.30. The number of aryl methyl sites for hydroxylation is 1. The third-order valence-corrected chi connectivity index (χ3v) is 6.60. The van der Waals surface area contributed by atoms with Gasteiger partial charge in [0.1, 0.15) is 16.9 Å². The van der Waals surface area contributed by atoms with Crippen molar-refractivity contribution in [3.8, 4) is 6.07 Å². The van der Waals surface area contributed by atoms with E-state index in [2.05, 4.69) is 21.3 Å². The summed E-state index contributed by atoms with van der Waals surface area (Å²) in [4.78, 5) is 20.5. The van der Waals surface area contributed by atoms with Crippen molar-refractivity contribution in [1.82, 2.24) is 4.98 Å². The van der Waals surface area contributed by atoms with Gasteiger partial charge in [-0.1, -0.05) is 11.6 Å². The molecule has 3 heterocycles. The van der Waals surface area contributed by atoms with Crippen molar-refractivity contribution in [2.24, 2.45) is 5.92 Å². The third-order valence-electron chi connectivity index (χ3n) is 5.17.